The molecule has 53 heavy (non-hydrogen) atoms. The Labute approximate surface area is 316 Å². The van der Waals surface area contributed by atoms with Crippen molar-refractivity contribution in [2.24, 2.45) is 0 Å². The Hall–Kier alpha value is -5.80. The molecular formula is C51H34S2. The zero-order valence-corrected chi connectivity index (χ0v) is 31.1. The quantitative estimate of drug-likeness (QED) is 0.168. The van der Waals surface area contributed by atoms with Gasteiger partial charge in [0.25, 0.3) is 0 Å². The maximum atomic E-state index is 2.47. The Morgan fingerprint density at radius 1 is 0.321 bits per heavy atom. The van der Waals surface area contributed by atoms with Crippen molar-refractivity contribution in [3.8, 4) is 33.4 Å². The number of thiophene rings is 2. The third kappa shape index (κ3) is 4.73. The van der Waals surface area contributed by atoms with E-state index in [0.717, 1.165) is 0 Å². The highest BCUT2D eigenvalue weighted by Gasteiger charge is 2.36. The first-order valence-corrected chi connectivity index (χ1v) is 20.0. The van der Waals surface area contributed by atoms with Crippen molar-refractivity contribution in [3.05, 3.63) is 181 Å². The zero-order chi connectivity index (χ0) is 35.3. The van der Waals surface area contributed by atoms with Crippen LogP contribution in [0.3, 0.4) is 0 Å². The summed E-state index contributed by atoms with van der Waals surface area (Å²) in [7, 11) is 0. The molecule has 0 saturated heterocycles. The largest absolute Gasteiger partial charge is 0.135 e. The predicted molar refractivity (Wildman–Crippen MR) is 233 cm³/mol. The van der Waals surface area contributed by atoms with E-state index >= 15 is 0 Å². The van der Waals surface area contributed by atoms with E-state index in [4.69, 9.17) is 0 Å². The van der Waals surface area contributed by atoms with Gasteiger partial charge in [0.2, 0.25) is 0 Å². The third-order valence-electron chi connectivity index (χ3n) is 11.5. The molecule has 11 rings (SSSR count). The topological polar surface area (TPSA) is 0 Å². The molecule has 0 aliphatic heterocycles. The second kappa shape index (κ2) is 11.6. The van der Waals surface area contributed by atoms with Gasteiger partial charge in [-0.1, -0.05) is 135 Å². The lowest BCUT2D eigenvalue weighted by atomic mass is 9.81. The molecule has 0 fully saturated rings. The molecule has 0 nitrogen and oxygen atoms in total. The fourth-order valence-electron chi connectivity index (χ4n) is 8.85. The lowest BCUT2D eigenvalue weighted by Crippen LogP contribution is -2.14. The van der Waals surface area contributed by atoms with Crippen LogP contribution < -0.4 is 0 Å². The lowest BCUT2D eigenvalue weighted by molar-refractivity contribution is 0.661. The van der Waals surface area contributed by atoms with Gasteiger partial charge in [0, 0.05) is 45.8 Å². The maximum absolute atomic E-state index is 2.47. The summed E-state index contributed by atoms with van der Waals surface area (Å²) in [6.07, 6.45) is 0. The Morgan fingerprint density at radius 2 is 0.830 bits per heavy atom. The van der Waals surface area contributed by atoms with Crippen molar-refractivity contribution < 1.29 is 0 Å². The van der Waals surface area contributed by atoms with Crippen LogP contribution in [0.25, 0.3) is 95.3 Å². The minimum atomic E-state index is -0.0997. The normalized spacial score (nSPS) is 13.2. The number of hydrogen-bond donors (Lipinski definition) is 0. The molecule has 2 aromatic heterocycles. The van der Waals surface area contributed by atoms with Gasteiger partial charge in [0.15, 0.2) is 0 Å². The number of rotatable bonds is 2. The standard InChI is InChI=1S/C51H34S2/c1-51(2)45-24-22-31(25-42(45)43-26-34-30-50-44(27-33(34)28-46(43)51)40-18-10-12-20-48(40)53-50)35-13-5-3-4-6-14-36(38-16-8-7-15-37(35)38)32-21-23-41-39-17-9-11-19-47(39)52-49(41)29-32/h3-30H,1-2H3. The van der Waals surface area contributed by atoms with E-state index in [-0.39, 0.29) is 5.41 Å². The molecular weight excluding hydrogens is 677 g/mol. The van der Waals surface area contributed by atoms with E-state index in [1.165, 1.54) is 106 Å². The molecule has 10 aromatic rings. The van der Waals surface area contributed by atoms with Crippen molar-refractivity contribution in [2.45, 2.75) is 19.3 Å². The van der Waals surface area contributed by atoms with Crippen LogP contribution in [0.15, 0.2) is 170 Å². The summed E-state index contributed by atoms with van der Waals surface area (Å²) in [5.41, 5.74) is 10.3. The summed E-state index contributed by atoms with van der Waals surface area (Å²) < 4.78 is 5.35. The molecule has 0 radical (unpaired) electrons. The fraction of sp³-hybridized carbons (Fsp3) is 0.0588. The molecule has 0 unspecified atom stereocenters. The first-order chi connectivity index (χ1) is 26.0. The van der Waals surface area contributed by atoms with Gasteiger partial charge in [0.05, 0.1) is 0 Å². The number of fused-ring (bicyclic) bond motifs is 11. The SMILES string of the molecule is CC1(C)c2ccc(-c3ccccccc(-c4ccc5c(c4)sc4ccccc45)c4ccccc34)cc2-c2cc3cc4sc5ccccc5c4cc3cc21. The van der Waals surface area contributed by atoms with Crippen LogP contribution in [0.5, 0.6) is 0 Å². The second-order valence-corrected chi connectivity index (χ2v) is 17.0. The predicted octanol–water partition coefficient (Wildman–Crippen LogP) is 15.5. The first-order valence-electron chi connectivity index (χ1n) is 18.3. The average Bonchev–Trinajstić information content (AvgIpc) is 3.81. The first kappa shape index (κ1) is 30.8. The lowest BCUT2D eigenvalue weighted by Gasteiger charge is -2.22. The Kier molecular flexibility index (Phi) is 6.74. The molecule has 1 aliphatic rings. The van der Waals surface area contributed by atoms with E-state index in [0.29, 0.717) is 0 Å². The summed E-state index contributed by atoms with van der Waals surface area (Å²) in [5, 5.41) is 10.5. The molecule has 0 amide bonds. The third-order valence-corrected chi connectivity index (χ3v) is 13.8. The van der Waals surface area contributed by atoms with Crippen LogP contribution >= 0.6 is 22.7 Å². The molecule has 8 aromatic carbocycles. The van der Waals surface area contributed by atoms with E-state index in [9.17, 15) is 0 Å². The van der Waals surface area contributed by atoms with Crippen LogP contribution in [0, 0.1) is 0 Å². The van der Waals surface area contributed by atoms with Gasteiger partial charge in [-0.15, -0.1) is 22.7 Å². The molecule has 0 spiro atoms. The smallest absolute Gasteiger partial charge is 0.0361 e. The van der Waals surface area contributed by atoms with E-state index in [1.54, 1.807) is 0 Å². The van der Waals surface area contributed by atoms with Crippen LogP contribution in [0.1, 0.15) is 25.0 Å². The average molecular weight is 711 g/mol. The Bertz CT molecular complexity index is 3210. The van der Waals surface area contributed by atoms with Crippen LogP contribution in [0.2, 0.25) is 0 Å². The number of benzene rings is 7. The van der Waals surface area contributed by atoms with E-state index < -0.39 is 0 Å². The molecule has 0 N–H and O–H groups in total. The van der Waals surface area contributed by atoms with Gasteiger partial charge in [0.1, 0.15) is 0 Å². The monoisotopic (exact) mass is 710 g/mol. The summed E-state index contributed by atoms with van der Waals surface area (Å²) in [6.45, 7) is 4.78. The van der Waals surface area contributed by atoms with Crippen molar-refractivity contribution >= 4 is 84.6 Å². The fourth-order valence-corrected chi connectivity index (χ4v) is 11.1. The second-order valence-electron chi connectivity index (χ2n) is 14.9. The molecule has 2 heteroatoms. The van der Waals surface area contributed by atoms with Gasteiger partial charge in [-0.25, -0.2) is 0 Å². The Balaban J connectivity index is 1.12. The molecule has 0 bridgehead atoms. The molecule has 2 heterocycles. The van der Waals surface area contributed by atoms with Gasteiger partial charge >= 0.3 is 0 Å². The summed E-state index contributed by atoms with van der Waals surface area (Å²) in [6, 6.07) is 63.6. The van der Waals surface area contributed by atoms with E-state index in [1.807, 2.05) is 22.7 Å². The van der Waals surface area contributed by atoms with Crippen LogP contribution in [-0.2, 0) is 5.41 Å². The summed E-state index contributed by atoms with van der Waals surface area (Å²) in [4.78, 5) is 0. The van der Waals surface area contributed by atoms with Gasteiger partial charge < -0.3 is 0 Å². The molecule has 0 saturated carbocycles. The van der Waals surface area contributed by atoms with Crippen LogP contribution in [0.4, 0.5) is 0 Å². The summed E-state index contributed by atoms with van der Waals surface area (Å²) in [5.74, 6) is 0. The van der Waals surface area contributed by atoms with Crippen molar-refractivity contribution in [2.75, 3.05) is 0 Å². The molecule has 250 valence electrons. The minimum Gasteiger partial charge on any atom is -0.135 e. The van der Waals surface area contributed by atoms with Crippen molar-refractivity contribution in [1.29, 1.82) is 0 Å². The molecule has 0 atom stereocenters. The van der Waals surface area contributed by atoms with Crippen LogP contribution in [-0.4, -0.2) is 0 Å². The van der Waals surface area contributed by atoms with Crippen molar-refractivity contribution in [1.82, 2.24) is 0 Å². The highest BCUT2D eigenvalue weighted by molar-refractivity contribution is 7.26. The van der Waals surface area contributed by atoms with E-state index in [2.05, 4.69) is 184 Å². The minimum absolute atomic E-state index is 0.0997. The van der Waals surface area contributed by atoms with Gasteiger partial charge in [-0.05, 0) is 115 Å². The van der Waals surface area contributed by atoms with Gasteiger partial charge in [-0.2, -0.15) is 0 Å². The zero-order valence-electron chi connectivity index (χ0n) is 29.5. The molecule has 1 aliphatic carbocycles. The Morgan fingerprint density at radius 3 is 1.53 bits per heavy atom. The summed E-state index contributed by atoms with van der Waals surface area (Å²) >= 11 is 3.77. The maximum Gasteiger partial charge on any atom is 0.0361 e. The van der Waals surface area contributed by atoms with Crippen molar-refractivity contribution in [3.63, 3.8) is 0 Å². The van der Waals surface area contributed by atoms with Gasteiger partial charge in [-0.3, -0.25) is 0 Å². The highest BCUT2D eigenvalue weighted by Crippen LogP contribution is 2.52. The number of hydrogen-bond acceptors (Lipinski definition) is 2. The highest BCUT2D eigenvalue weighted by atomic mass is 32.1.